The Hall–Kier alpha value is -3.63. The second-order valence-electron chi connectivity index (χ2n) is 7.45. The zero-order valence-corrected chi connectivity index (χ0v) is 19.1. The molecule has 1 amide bonds. The molecule has 0 saturated heterocycles. The summed E-state index contributed by atoms with van der Waals surface area (Å²) >= 11 is 0. The minimum absolute atomic E-state index is 0.0311. The van der Waals surface area contributed by atoms with E-state index in [1.54, 1.807) is 36.4 Å². The lowest BCUT2D eigenvalue weighted by Gasteiger charge is -2.35. The minimum Gasteiger partial charge on any atom is -0.494 e. The zero-order valence-electron chi connectivity index (χ0n) is 18.3. The average Bonchev–Trinajstić information content (AvgIpc) is 2.81. The van der Waals surface area contributed by atoms with E-state index in [0.29, 0.717) is 30.1 Å². The van der Waals surface area contributed by atoms with Crippen LogP contribution in [-0.4, -0.2) is 32.0 Å². The van der Waals surface area contributed by atoms with Crippen molar-refractivity contribution in [1.29, 1.82) is 0 Å². The molecular weight excluding hydrogens is 463 g/mol. The molecule has 0 spiro atoms. The Labute approximate surface area is 196 Å². The van der Waals surface area contributed by atoms with Crippen molar-refractivity contribution in [3.8, 4) is 17.2 Å². The van der Waals surface area contributed by atoms with Crippen LogP contribution in [0.15, 0.2) is 71.6 Å². The average molecular weight is 487 g/mol. The van der Waals surface area contributed by atoms with Gasteiger partial charge in [-0.15, -0.1) is 0 Å². The van der Waals surface area contributed by atoms with Crippen molar-refractivity contribution in [2.45, 2.75) is 24.5 Å². The van der Waals surface area contributed by atoms with E-state index in [0.717, 1.165) is 15.9 Å². The number of rotatable bonds is 7. The molecule has 0 saturated carbocycles. The number of halogens is 1. The number of nitrogens with two attached hydrogens (primary N) is 1. The molecule has 3 aromatic rings. The molecule has 0 unspecified atom stereocenters. The van der Waals surface area contributed by atoms with E-state index in [2.05, 4.69) is 0 Å². The van der Waals surface area contributed by atoms with Gasteiger partial charge >= 0.3 is 6.09 Å². The summed E-state index contributed by atoms with van der Waals surface area (Å²) in [6, 6.07) is 17.0. The first-order valence-corrected chi connectivity index (χ1v) is 12.0. The van der Waals surface area contributed by atoms with Gasteiger partial charge in [0.15, 0.2) is 17.8 Å². The van der Waals surface area contributed by atoms with E-state index >= 15 is 0 Å². The summed E-state index contributed by atoms with van der Waals surface area (Å²) in [5.41, 5.74) is 6.55. The maximum Gasteiger partial charge on any atom is 0.406 e. The fraction of sp³-hybridized carbons (Fsp3) is 0.208. The van der Waals surface area contributed by atoms with Gasteiger partial charge in [0.25, 0.3) is 0 Å². The summed E-state index contributed by atoms with van der Waals surface area (Å²) < 4.78 is 58.7. The highest BCUT2D eigenvalue weighted by molar-refractivity contribution is 7.89. The van der Waals surface area contributed by atoms with Crippen LogP contribution in [0.1, 0.15) is 24.3 Å². The topological polar surface area (TPSA) is 108 Å². The molecule has 0 aromatic heterocycles. The molecule has 4 rings (SSSR count). The first-order chi connectivity index (χ1) is 16.3. The van der Waals surface area contributed by atoms with Gasteiger partial charge in [-0.25, -0.2) is 17.6 Å². The van der Waals surface area contributed by atoms with Gasteiger partial charge in [0.2, 0.25) is 10.0 Å². The van der Waals surface area contributed by atoms with Crippen LogP contribution in [0.4, 0.5) is 9.18 Å². The normalized spacial score (nSPS) is 15.9. The smallest absolute Gasteiger partial charge is 0.406 e. The van der Waals surface area contributed by atoms with Gasteiger partial charge in [0.05, 0.1) is 11.5 Å². The molecule has 0 radical (unpaired) electrons. The SMILES string of the molecule is CCOc1ccc(Oc2ccc(S(=O)(=O)N3CCc4ccccc4[C@H]3OC(N)=O)cc2F)cc1. The summed E-state index contributed by atoms with van der Waals surface area (Å²) in [4.78, 5) is 11.2. The second-order valence-corrected chi connectivity index (χ2v) is 9.34. The number of benzene rings is 3. The fourth-order valence-electron chi connectivity index (χ4n) is 3.74. The van der Waals surface area contributed by atoms with Crippen molar-refractivity contribution < 1.29 is 31.8 Å². The third-order valence-electron chi connectivity index (χ3n) is 5.28. The number of hydrogen-bond donors (Lipinski definition) is 1. The number of carbonyl (C=O) groups is 1. The van der Waals surface area contributed by atoms with E-state index in [1.807, 2.05) is 19.1 Å². The van der Waals surface area contributed by atoms with E-state index < -0.39 is 28.2 Å². The number of primary amides is 1. The molecule has 0 aliphatic carbocycles. The van der Waals surface area contributed by atoms with Crippen molar-refractivity contribution in [2.75, 3.05) is 13.2 Å². The first kappa shape index (κ1) is 23.5. The van der Waals surface area contributed by atoms with Crippen molar-refractivity contribution in [3.05, 3.63) is 83.7 Å². The lowest BCUT2D eigenvalue weighted by atomic mass is 10.00. The first-order valence-electron chi connectivity index (χ1n) is 10.6. The highest BCUT2D eigenvalue weighted by Crippen LogP contribution is 2.36. The molecular formula is C24H23FN2O6S. The highest BCUT2D eigenvalue weighted by atomic mass is 32.2. The van der Waals surface area contributed by atoms with Gasteiger partial charge in [0, 0.05) is 12.1 Å². The molecule has 10 heteroatoms. The van der Waals surface area contributed by atoms with Gasteiger partial charge in [-0.1, -0.05) is 24.3 Å². The van der Waals surface area contributed by atoms with Crippen LogP contribution in [0.2, 0.25) is 0 Å². The number of nitrogens with zero attached hydrogens (tertiary/aromatic N) is 1. The highest BCUT2D eigenvalue weighted by Gasteiger charge is 2.39. The molecule has 34 heavy (non-hydrogen) atoms. The Morgan fingerprint density at radius 1 is 1.09 bits per heavy atom. The van der Waals surface area contributed by atoms with Gasteiger partial charge in [-0.05, 0) is 61.4 Å². The lowest BCUT2D eigenvalue weighted by molar-refractivity contribution is 0.0294. The Bertz CT molecular complexity index is 1300. The van der Waals surface area contributed by atoms with Gasteiger partial charge in [-0.2, -0.15) is 4.31 Å². The van der Waals surface area contributed by atoms with Crippen LogP contribution in [-0.2, 0) is 21.2 Å². The van der Waals surface area contributed by atoms with E-state index in [4.69, 9.17) is 19.9 Å². The molecule has 1 aliphatic heterocycles. The Morgan fingerprint density at radius 2 is 1.79 bits per heavy atom. The molecule has 0 fully saturated rings. The summed E-state index contributed by atoms with van der Waals surface area (Å²) in [7, 11) is -4.24. The van der Waals surface area contributed by atoms with Gasteiger partial charge in [0.1, 0.15) is 11.5 Å². The molecule has 1 atom stereocenters. The Balaban J connectivity index is 1.60. The maximum atomic E-state index is 14.8. The number of carbonyl (C=O) groups excluding carboxylic acids is 1. The van der Waals surface area contributed by atoms with Crippen molar-refractivity contribution in [3.63, 3.8) is 0 Å². The lowest BCUT2D eigenvalue weighted by Crippen LogP contribution is -2.42. The Morgan fingerprint density at radius 3 is 2.47 bits per heavy atom. The number of ether oxygens (including phenoxy) is 3. The molecule has 1 heterocycles. The summed E-state index contributed by atoms with van der Waals surface area (Å²) in [6.45, 7) is 2.41. The third-order valence-corrected chi connectivity index (χ3v) is 7.13. The van der Waals surface area contributed by atoms with Gasteiger partial charge in [-0.3, -0.25) is 0 Å². The fourth-order valence-corrected chi connectivity index (χ4v) is 5.25. The third kappa shape index (κ3) is 4.82. The molecule has 178 valence electrons. The largest absolute Gasteiger partial charge is 0.494 e. The molecule has 2 N–H and O–H groups in total. The number of sulfonamides is 1. The summed E-state index contributed by atoms with van der Waals surface area (Å²) in [6.07, 6.45) is -1.97. The van der Waals surface area contributed by atoms with Gasteiger partial charge < -0.3 is 19.9 Å². The van der Waals surface area contributed by atoms with Crippen LogP contribution < -0.4 is 15.2 Å². The van der Waals surface area contributed by atoms with Crippen molar-refractivity contribution in [1.82, 2.24) is 4.31 Å². The minimum atomic E-state index is -4.24. The van der Waals surface area contributed by atoms with E-state index in [-0.39, 0.29) is 17.2 Å². The second kappa shape index (κ2) is 9.70. The van der Waals surface area contributed by atoms with E-state index in [9.17, 15) is 17.6 Å². The maximum absolute atomic E-state index is 14.8. The number of hydrogen-bond acceptors (Lipinski definition) is 6. The molecule has 0 bridgehead atoms. The monoisotopic (exact) mass is 486 g/mol. The predicted molar refractivity (Wildman–Crippen MR) is 122 cm³/mol. The predicted octanol–water partition coefficient (Wildman–Crippen LogP) is 4.36. The van der Waals surface area contributed by atoms with Crippen LogP contribution in [0.5, 0.6) is 17.2 Å². The van der Waals surface area contributed by atoms with Crippen LogP contribution in [0, 0.1) is 5.82 Å². The van der Waals surface area contributed by atoms with Crippen LogP contribution in [0.25, 0.3) is 0 Å². The van der Waals surface area contributed by atoms with Crippen LogP contribution >= 0.6 is 0 Å². The van der Waals surface area contributed by atoms with Crippen LogP contribution in [0.3, 0.4) is 0 Å². The molecule has 8 nitrogen and oxygen atoms in total. The van der Waals surface area contributed by atoms with Crippen molar-refractivity contribution in [2.24, 2.45) is 5.73 Å². The molecule has 1 aliphatic rings. The standard InChI is InChI=1S/C24H23FN2O6S/c1-2-31-17-7-9-18(10-8-17)32-22-12-11-19(15-21(22)25)34(29,30)27-14-13-16-5-3-4-6-20(16)23(27)33-24(26)28/h3-12,15,23H,2,13-14H2,1H3,(H2,26,28)/t23-/m1/s1. The quantitative estimate of drug-likeness (QED) is 0.532. The van der Waals surface area contributed by atoms with E-state index in [1.165, 1.54) is 12.1 Å². The Kier molecular flexibility index (Phi) is 6.71. The summed E-state index contributed by atoms with van der Waals surface area (Å²) in [5, 5.41) is 0. The van der Waals surface area contributed by atoms with Crippen molar-refractivity contribution >= 4 is 16.1 Å². The summed E-state index contributed by atoms with van der Waals surface area (Å²) in [5.74, 6) is 0.00453. The molecule has 3 aromatic carbocycles. The number of amides is 1. The zero-order chi connectivity index (χ0) is 24.3. The number of fused-ring (bicyclic) bond motifs is 1.